The smallest absolute Gasteiger partial charge is 0.292 e. The molecule has 1 amide bonds. The summed E-state index contributed by atoms with van der Waals surface area (Å²) in [4.78, 5) is 32.1. The molecule has 0 spiro atoms. The van der Waals surface area contributed by atoms with Crippen LogP contribution in [0.25, 0.3) is 0 Å². The summed E-state index contributed by atoms with van der Waals surface area (Å²) < 4.78 is 0. The van der Waals surface area contributed by atoms with Crippen molar-refractivity contribution in [3.8, 4) is 0 Å². The Labute approximate surface area is 171 Å². The van der Waals surface area contributed by atoms with Crippen LogP contribution in [0.1, 0.15) is 12.0 Å². The first-order valence-electron chi connectivity index (χ1n) is 8.85. The summed E-state index contributed by atoms with van der Waals surface area (Å²) in [5.74, 6) is -0.175. The highest BCUT2D eigenvalue weighted by atomic mass is 32.2. The van der Waals surface area contributed by atoms with Crippen LogP contribution in [0.4, 0.5) is 17.1 Å². The maximum Gasteiger partial charge on any atom is 0.292 e. The van der Waals surface area contributed by atoms with Gasteiger partial charge in [0.25, 0.3) is 5.69 Å². The van der Waals surface area contributed by atoms with Crippen molar-refractivity contribution in [2.24, 2.45) is 0 Å². The summed E-state index contributed by atoms with van der Waals surface area (Å²) in [6.45, 7) is 2.20. The van der Waals surface area contributed by atoms with Gasteiger partial charge in [-0.3, -0.25) is 14.9 Å². The van der Waals surface area contributed by atoms with Crippen LogP contribution in [0, 0.1) is 17.0 Å². The summed E-state index contributed by atoms with van der Waals surface area (Å²) in [6.07, 6.45) is 3.56. The molecule has 3 aromatic rings. The van der Waals surface area contributed by atoms with Gasteiger partial charge in [0.05, 0.1) is 4.92 Å². The number of nitrogens with one attached hydrogen (secondary N) is 2. The molecule has 3 rings (SSSR count). The zero-order valence-electron chi connectivity index (χ0n) is 15.7. The fourth-order valence-corrected chi connectivity index (χ4v) is 3.40. The van der Waals surface area contributed by atoms with E-state index in [1.165, 1.54) is 17.8 Å². The van der Waals surface area contributed by atoms with Crippen molar-refractivity contribution in [1.82, 2.24) is 9.97 Å². The lowest BCUT2D eigenvalue weighted by Gasteiger charge is -2.11. The molecule has 0 saturated heterocycles. The zero-order valence-corrected chi connectivity index (χ0v) is 16.5. The molecule has 0 bridgehead atoms. The molecule has 1 heterocycles. The highest BCUT2D eigenvalue weighted by Gasteiger charge is 2.12. The number of aryl methyl sites for hydroxylation is 1. The first-order valence-corrected chi connectivity index (χ1v) is 9.67. The van der Waals surface area contributed by atoms with Crippen LogP contribution in [-0.2, 0) is 4.79 Å². The van der Waals surface area contributed by atoms with Crippen LogP contribution < -0.4 is 10.6 Å². The molecule has 0 aliphatic rings. The van der Waals surface area contributed by atoms with Gasteiger partial charge in [-0.15, -0.1) is 0 Å². The second-order valence-electron chi connectivity index (χ2n) is 6.11. The van der Waals surface area contributed by atoms with Crippen molar-refractivity contribution in [2.75, 3.05) is 17.2 Å². The van der Waals surface area contributed by atoms with E-state index in [-0.39, 0.29) is 24.6 Å². The van der Waals surface area contributed by atoms with Crippen LogP contribution >= 0.6 is 11.8 Å². The Morgan fingerprint density at radius 3 is 2.59 bits per heavy atom. The van der Waals surface area contributed by atoms with Crippen LogP contribution in [0.15, 0.2) is 71.0 Å². The maximum absolute atomic E-state index is 12.2. The second-order valence-corrected chi connectivity index (χ2v) is 7.15. The number of amides is 1. The van der Waals surface area contributed by atoms with Crippen molar-refractivity contribution in [1.29, 1.82) is 0 Å². The van der Waals surface area contributed by atoms with E-state index in [1.807, 2.05) is 25.1 Å². The predicted molar refractivity (Wildman–Crippen MR) is 112 cm³/mol. The van der Waals surface area contributed by atoms with E-state index in [9.17, 15) is 14.9 Å². The molecule has 8 nitrogen and oxygen atoms in total. The van der Waals surface area contributed by atoms with Gasteiger partial charge in [0.2, 0.25) is 5.91 Å². The largest absolute Gasteiger partial charge is 0.379 e. The first kappa shape index (κ1) is 20.3. The van der Waals surface area contributed by atoms with Gasteiger partial charge in [0.15, 0.2) is 5.16 Å². The molecule has 0 atom stereocenters. The molecule has 0 radical (unpaired) electrons. The molecule has 0 aliphatic heterocycles. The van der Waals surface area contributed by atoms with Crippen LogP contribution in [0.5, 0.6) is 0 Å². The Balaban J connectivity index is 1.53. The minimum absolute atomic E-state index is 0.0146. The van der Waals surface area contributed by atoms with E-state index in [2.05, 4.69) is 20.6 Å². The number of nitrogens with zero attached hydrogens (tertiary/aromatic N) is 3. The van der Waals surface area contributed by atoms with Crippen LogP contribution in [0.2, 0.25) is 0 Å². The number of nitro groups is 1. The SMILES string of the molecule is Cc1cc(Sc2ncccn2)ccc1NC(=O)CCNc1ccccc1[N+](=O)[O-]. The molecular formula is C20H19N5O3S. The van der Waals surface area contributed by atoms with E-state index in [4.69, 9.17) is 0 Å². The third-order valence-corrected chi connectivity index (χ3v) is 4.87. The van der Waals surface area contributed by atoms with E-state index in [0.29, 0.717) is 10.8 Å². The lowest BCUT2D eigenvalue weighted by molar-refractivity contribution is -0.384. The Morgan fingerprint density at radius 1 is 1.10 bits per heavy atom. The summed E-state index contributed by atoms with van der Waals surface area (Å²) in [5, 5.41) is 17.5. The molecule has 2 N–H and O–H groups in total. The Kier molecular flexibility index (Phi) is 6.75. The van der Waals surface area contributed by atoms with E-state index in [1.54, 1.807) is 36.7 Å². The van der Waals surface area contributed by atoms with Crippen molar-refractivity contribution in [2.45, 2.75) is 23.4 Å². The molecule has 0 fully saturated rings. The van der Waals surface area contributed by atoms with Crippen LogP contribution in [-0.4, -0.2) is 27.3 Å². The van der Waals surface area contributed by atoms with Gasteiger partial charge < -0.3 is 10.6 Å². The van der Waals surface area contributed by atoms with Crippen molar-refractivity contribution < 1.29 is 9.72 Å². The molecule has 148 valence electrons. The number of carbonyl (C=O) groups excluding carboxylic acids is 1. The fourth-order valence-electron chi connectivity index (χ4n) is 2.59. The number of aromatic nitrogens is 2. The van der Waals surface area contributed by atoms with Crippen molar-refractivity contribution in [3.63, 3.8) is 0 Å². The lowest BCUT2D eigenvalue weighted by Crippen LogP contribution is -2.17. The van der Waals surface area contributed by atoms with Crippen molar-refractivity contribution in [3.05, 3.63) is 76.6 Å². The van der Waals surface area contributed by atoms with Gasteiger partial charge in [-0.1, -0.05) is 12.1 Å². The van der Waals surface area contributed by atoms with E-state index in [0.717, 1.165) is 16.1 Å². The number of hydrogen-bond acceptors (Lipinski definition) is 7. The van der Waals surface area contributed by atoms with Gasteiger partial charge in [0.1, 0.15) is 5.69 Å². The summed E-state index contributed by atoms with van der Waals surface area (Å²) >= 11 is 1.44. The number of benzene rings is 2. The highest BCUT2D eigenvalue weighted by Crippen LogP contribution is 2.28. The number of hydrogen-bond donors (Lipinski definition) is 2. The molecule has 1 aromatic heterocycles. The molecule has 29 heavy (non-hydrogen) atoms. The van der Waals surface area contributed by atoms with E-state index >= 15 is 0 Å². The maximum atomic E-state index is 12.2. The predicted octanol–water partition coefficient (Wildman–Crippen LogP) is 4.29. The van der Waals surface area contributed by atoms with Crippen LogP contribution in [0.3, 0.4) is 0 Å². The van der Waals surface area contributed by atoms with Gasteiger partial charge >= 0.3 is 0 Å². The van der Waals surface area contributed by atoms with Crippen molar-refractivity contribution >= 4 is 34.7 Å². The molecule has 2 aromatic carbocycles. The van der Waals surface area contributed by atoms with Gasteiger partial charge in [-0.25, -0.2) is 9.97 Å². The molecule has 0 aliphatic carbocycles. The number of rotatable bonds is 8. The molecule has 9 heteroatoms. The van der Waals surface area contributed by atoms with Gasteiger partial charge in [-0.05, 0) is 54.6 Å². The summed E-state index contributed by atoms with van der Waals surface area (Å²) in [6, 6.07) is 13.8. The normalized spacial score (nSPS) is 10.4. The number of anilines is 2. The number of nitro benzene ring substituents is 1. The molecular weight excluding hydrogens is 390 g/mol. The summed E-state index contributed by atoms with van der Waals surface area (Å²) in [5.41, 5.74) is 2.02. The fraction of sp³-hybridized carbons (Fsp3) is 0.150. The van der Waals surface area contributed by atoms with E-state index < -0.39 is 4.92 Å². The monoisotopic (exact) mass is 409 g/mol. The molecule has 0 saturated carbocycles. The average molecular weight is 409 g/mol. The average Bonchev–Trinajstić information content (AvgIpc) is 2.71. The third kappa shape index (κ3) is 5.76. The summed E-state index contributed by atoms with van der Waals surface area (Å²) in [7, 11) is 0. The Morgan fingerprint density at radius 2 is 1.86 bits per heavy atom. The quantitative estimate of drug-likeness (QED) is 0.324. The highest BCUT2D eigenvalue weighted by molar-refractivity contribution is 7.99. The third-order valence-electron chi connectivity index (χ3n) is 3.99. The number of para-hydroxylation sites is 2. The first-order chi connectivity index (χ1) is 14.0. The Hall–Kier alpha value is -3.46. The molecule has 0 unspecified atom stereocenters. The lowest BCUT2D eigenvalue weighted by atomic mass is 10.2. The standard InChI is InChI=1S/C20H19N5O3S/c1-14-13-15(29-20-22-10-4-11-23-20)7-8-16(14)24-19(26)9-12-21-17-5-2-3-6-18(17)25(27)28/h2-8,10-11,13,21H,9,12H2,1H3,(H,24,26). The van der Waals surface area contributed by atoms with Gasteiger partial charge in [0, 0.05) is 42.0 Å². The topological polar surface area (TPSA) is 110 Å². The zero-order chi connectivity index (χ0) is 20.6. The Bertz CT molecular complexity index is 1010. The second kappa shape index (κ2) is 9.65. The van der Waals surface area contributed by atoms with Gasteiger partial charge in [-0.2, -0.15) is 0 Å². The number of carbonyl (C=O) groups is 1. The minimum Gasteiger partial charge on any atom is -0.379 e. The minimum atomic E-state index is -0.453.